The van der Waals surface area contributed by atoms with Crippen LogP contribution >= 0.6 is 0 Å². The molecule has 0 saturated carbocycles. The van der Waals surface area contributed by atoms with Crippen LogP contribution in [0, 0.1) is 0 Å². The van der Waals surface area contributed by atoms with Gasteiger partial charge in [0.05, 0.1) is 0 Å². The largest absolute Gasteiger partial charge is 0.396 e. The van der Waals surface area contributed by atoms with Gasteiger partial charge in [0, 0.05) is 6.61 Å². The quantitative estimate of drug-likeness (QED) is 0.358. The molecule has 0 rings (SSSR count). The predicted molar refractivity (Wildman–Crippen MR) is 88.7 cm³/mol. The number of rotatable bonds is 14. The molecule has 0 aromatic heterocycles. The van der Waals surface area contributed by atoms with Gasteiger partial charge in [-0.05, 0) is 6.42 Å². The number of aliphatic hydroxyl groups excluding tert-OH is 1. The first kappa shape index (κ1) is 21.3. The minimum Gasteiger partial charge on any atom is -0.396 e. The first-order valence-electron chi connectivity index (χ1n) is 9.02. The summed E-state index contributed by atoms with van der Waals surface area (Å²) in [5, 5.41) is 8.64. The number of hydrogen-bond donors (Lipinski definition) is 1. The van der Waals surface area contributed by atoms with Crippen molar-refractivity contribution < 1.29 is 5.11 Å². The molecule has 1 N–H and O–H groups in total. The zero-order valence-electron chi connectivity index (χ0n) is 14.1. The molecule has 1 heteroatoms. The molecule has 0 atom stereocenters. The lowest BCUT2D eigenvalue weighted by molar-refractivity contribution is 0.282. The van der Waals surface area contributed by atoms with Crippen LogP contribution in [0.4, 0.5) is 0 Å². The summed E-state index contributed by atoms with van der Waals surface area (Å²) in [5.41, 5.74) is 0. The molecule has 0 saturated heterocycles. The van der Waals surface area contributed by atoms with Crippen molar-refractivity contribution in [3.63, 3.8) is 0 Å². The van der Waals surface area contributed by atoms with Crippen LogP contribution in [0.15, 0.2) is 0 Å². The fourth-order valence-electron chi connectivity index (χ4n) is 2.31. The van der Waals surface area contributed by atoms with Gasteiger partial charge in [-0.3, -0.25) is 0 Å². The van der Waals surface area contributed by atoms with E-state index in [0.717, 1.165) is 6.42 Å². The molecule has 0 radical (unpaired) electrons. The topological polar surface area (TPSA) is 20.2 Å². The molecule has 0 aromatic rings. The fraction of sp³-hybridized carbons (Fsp3) is 1.00. The Morgan fingerprint density at radius 1 is 0.474 bits per heavy atom. The second kappa shape index (κ2) is 23.1. The van der Waals surface area contributed by atoms with Crippen molar-refractivity contribution in [2.45, 2.75) is 111 Å². The van der Waals surface area contributed by atoms with Gasteiger partial charge in [0.25, 0.3) is 0 Å². The highest BCUT2D eigenvalue weighted by atomic mass is 16.2. The predicted octanol–water partition coefficient (Wildman–Crippen LogP) is 6.49. The van der Waals surface area contributed by atoms with Crippen molar-refractivity contribution in [2.75, 3.05) is 6.61 Å². The zero-order chi connectivity index (χ0) is 14.6. The molecule has 0 aliphatic carbocycles. The van der Waals surface area contributed by atoms with Crippen LogP contribution in [0.25, 0.3) is 0 Å². The van der Waals surface area contributed by atoms with Crippen molar-refractivity contribution in [3.8, 4) is 0 Å². The highest BCUT2D eigenvalue weighted by Gasteiger charge is 1.93. The van der Waals surface area contributed by atoms with E-state index in [1.807, 2.05) is 13.8 Å². The summed E-state index contributed by atoms with van der Waals surface area (Å²) < 4.78 is 0. The van der Waals surface area contributed by atoms with E-state index in [1.165, 1.54) is 83.5 Å². The second-order valence-corrected chi connectivity index (χ2v) is 5.32. The molecule has 0 amide bonds. The number of aliphatic hydroxyl groups is 1. The summed E-state index contributed by atoms with van der Waals surface area (Å²) in [7, 11) is 0. The first-order valence-corrected chi connectivity index (χ1v) is 9.02. The Hall–Kier alpha value is -0.0400. The van der Waals surface area contributed by atoms with Crippen molar-refractivity contribution >= 4 is 0 Å². The van der Waals surface area contributed by atoms with Crippen molar-refractivity contribution in [1.29, 1.82) is 0 Å². The lowest BCUT2D eigenvalue weighted by Crippen LogP contribution is -1.84. The molecule has 0 aromatic carbocycles. The Morgan fingerprint density at radius 3 is 1.00 bits per heavy atom. The van der Waals surface area contributed by atoms with E-state index in [9.17, 15) is 0 Å². The van der Waals surface area contributed by atoms with Crippen molar-refractivity contribution in [2.24, 2.45) is 0 Å². The van der Waals surface area contributed by atoms with Gasteiger partial charge in [-0.2, -0.15) is 0 Å². The van der Waals surface area contributed by atoms with Gasteiger partial charge in [0.15, 0.2) is 0 Å². The van der Waals surface area contributed by atoms with Gasteiger partial charge in [-0.25, -0.2) is 0 Å². The maximum absolute atomic E-state index is 8.64. The van der Waals surface area contributed by atoms with Gasteiger partial charge in [0.1, 0.15) is 0 Å². The molecule has 118 valence electrons. The normalized spacial score (nSPS) is 10.1. The molecule has 19 heavy (non-hydrogen) atoms. The van der Waals surface area contributed by atoms with E-state index < -0.39 is 0 Å². The molecule has 1 nitrogen and oxygen atoms in total. The highest BCUT2D eigenvalue weighted by Crippen LogP contribution is 2.12. The Labute approximate surface area is 123 Å². The minimum atomic E-state index is 0.373. The summed E-state index contributed by atoms with van der Waals surface area (Å²) >= 11 is 0. The summed E-state index contributed by atoms with van der Waals surface area (Å²) in [4.78, 5) is 0. The molecule has 0 fully saturated rings. The Balaban J connectivity index is 0. The van der Waals surface area contributed by atoms with Crippen LogP contribution in [0.1, 0.15) is 111 Å². The summed E-state index contributed by atoms with van der Waals surface area (Å²) in [6.45, 7) is 6.65. The molecule has 0 bridgehead atoms. The average molecular weight is 273 g/mol. The summed E-state index contributed by atoms with van der Waals surface area (Å²) in [5.74, 6) is 0. The molecular weight excluding hydrogens is 232 g/mol. The van der Waals surface area contributed by atoms with Gasteiger partial charge in [-0.1, -0.05) is 104 Å². The van der Waals surface area contributed by atoms with Crippen LogP contribution in [-0.4, -0.2) is 11.7 Å². The fourth-order valence-corrected chi connectivity index (χ4v) is 2.31. The molecular formula is C18H40O. The standard InChI is InChI=1S/C16H34O.C2H6/c1-2-3-4-5-6-7-8-9-10-11-12-13-14-15-16-17;1-2/h17H,2-16H2,1H3;1-2H3. The van der Waals surface area contributed by atoms with Gasteiger partial charge < -0.3 is 5.11 Å². The molecule has 0 aliphatic heterocycles. The third kappa shape index (κ3) is 23.5. The van der Waals surface area contributed by atoms with Gasteiger partial charge in [-0.15, -0.1) is 0 Å². The van der Waals surface area contributed by atoms with E-state index in [0.29, 0.717) is 6.61 Å². The van der Waals surface area contributed by atoms with Crippen LogP contribution in [0.2, 0.25) is 0 Å². The maximum atomic E-state index is 8.64. The second-order valence-electron chi connectivity index (χ2n) is 5.32. The van der Waals surface area contributed by atoms with Crippen molar-refractivity contribution in [1.82, 2.24) is 0 Å². The van der Waals surface area contributed by atoms with E-state index in [4.69, 9.17) is 5.11 Å². The van der Waals surface area contributed by atoms with E-state index in [1.54, 1.807) is 0 Å². The molecule has 0 spiro atoms. The number of hydrogen-bond acceptors (Lipinski definition) is 1. The highest BCUT2D eigenvalue weighted by molar-refractivity contribution is 4.48. The third-order valence-corrected chi connectivity index (χ3v) is 3.51. The minimum absolute atomic E-state index is 0.373. The Morgan fingerprint density at radius 2 is 0.737 bits per heavy atom. The van der Waals surface area contributed by atoms with E-state index >= 15 is 0 Å². The monoisotopic (exact) mass is 272 g/mol. The first-order chi connectivity index (χ1) is 9.41. The average Bonchev–Trinajstić information content (AvgIpc) is 2.46. The van der Waals surface area contributed by atoms with E-state index in [-0.39, 0.29) is 0 Å². The SMILES string of the molecule is CC.CCCCCCCCCCCCCCCCO. The van der Waals surface area contributed by atoms with E-state index in [2.05, 4.69) is 6.92 Å². The molecule has 0 aliphatic rings. The lowest BCUT2D eigenvalue weighted by atomic mass is 10.0. The van der Waals surface area contributed by atoms with Crippen LogP contribution in [0.5, 0.6) is 0 Å². The number of unbranched alkanes of at least 4 members (excludes halogenated alkanes) is 13. The zero-order valence-corrected chi connectivity index (χ0v) is 14.1. The Bertz CT molecular complexity index is 109. The van der Waals surface area contributed by atoms with Crippen LogP contribution in [-0.2, 0) is 0 Å². The summed E-state index contributed by atoms with van der Waals surface area (Å²) in [6, 6.07) is 0. The Kier molecular flexibility index (Phi) is 25.8. The molecule has 0 unspecified atom stereocenters. The lowest BCUT2D eigenvalue weighted by Gasteiger charge is -2.02. The van der Waals surface area contributed by atoms with Crippen LogP contribution < -0.4 is 0 Å². The third-order valence-electron chi connectivity index (χ3n) is 3.51. The maximum Gasteiger partial charge on any atom is 0.0431 e. The van der Waals surface area contributed by atoms with Crippen LogP contribution in [0.3, 0.4) is 0 Å². The summed E-state index contributed by atoms with van der Waals surface area (Å²) in [6.07, 6.45) is 19.2. The smallest absolute Gasteiger partial charge is 0.0431 e. The van der Waals surface area contributed by atoms with Gasteiger partial charge >= 0.3 is 0 Å². The molecule has 0 heterocycles. The van der Waals surface area contributed by atoms with Gasteiger partial charge in [0.2, 0.25) is 0 Å². The van der Waals surface area contributed by atoms with Crippen molar-refractivity contribution in [3.05, 3.63) is 0 Å².